The first-order valence-corrected chi connectivity index (χ1v) is 11.3. The van der Waals surface area contributed by atoms with E-state index in [1.54, 1.807) is 6.07 Å². The summed E-state index contributed by atoms with van der Waals surface area (Å²) in [6, 6.07) is 9.22. The third kappa shape index (κ3) is 5.24. The molecule has 10 heteroatoms. The highest BCUT2D eigenvalue weighted by Gasteiger charge is 2.20. The van der Waals surface area contributed by atoms with Crippen molar-refractivity contribution in [3.63, 3.8) is 0 Å². The molecule has 1 aromatic carbocycles. The Balaban J connectivity index is 1.39. The van der Waals surface area contributed by atoms with Gasteiger partial charge in [0, 0.05) is 25.3 Å². The van der Waals surface area contributed by atoms with Crippen molar-refractivity contribution in [1.29, 1.82) is 0 Å². The van der Waals surface area contributed by atoms with Crippen LogP contribution in [0.25, 0.3) is 10.2 Å². The average Bonchev–Trinajstić information content (AvgIpc) is 3.24. The fourth-order valence-electron chi connectivity index (χ4n) is 3.34. The van der Waals surface area contributed by atoms with Crippen LogP contribution in [-0.2, 0) is 16.0 Å². The largest absolute Gasteiger partial charge is 0.378 e. The van der Waals surface area contributed by atoms with Gasteiger partial charge in [0.25, 0.3) is 5.91 Å². The zero-order valence-electron chi connectivity index (χ0n) is 17.3. The summed E-state index contributed by atoms with van der Waals surface area (Å²) in [5.41, 5.74) is 2.41. The molecule has 3 aromatic rings. The predicted molar refractivity (Wildman–Crippen MR) is 127 cm³/mol. The number of benzene rings is 1. The van der Waals surface area contributed by atoms with E-state index in [-0.39, 0.29) is 17.1 Å². The Hall–Kier alpha value is -3.01. The van der Waals surface area contributed by atoms with Crippen molar-refractivity contribution in [2.24, 2.45) is 0 Å². The highest BCUT2D eigenvalue weighted by Crippen LogP contribution is 2.33. The van der Waals surface area contributed by atoms with Crippen LogP contribution in [0.3, 0.4) is 0 Å². The van der Waals surface area contributed by atoms with Crippen LogP contribution in [0.1, 0.15) is 15.2 Å². The summed E-state index contributed by atoms with van der Waals surface area (Å²) < 4.78 is 6.26. The van der Waals surface area contributed by atoms with E-state index in [1.165, 1.54) is 17.4 Å². The minimum Gasteiger partial charge on any atom is -0.378 e. The number of nitrogens with one attached hydrogen (secondary N) is 2. The number of thiophene rings is 1. The highest BCUT2D eigenvalue weighted by molar-refractivity contribution is 7.21. The topological polar surface area (TPSA) is 96.5 Å². The fraction of sp³-hybridized carbons (Fsp3) is 0.273. The first-order valence-electron chi connectivity index (χ1n) is 10.1. The van der Waals surface area contributed by atoms with Crippen molar-refractivity contribution in [1.82, 2.24) is 15.3 Å². The number of aromatic nitrogens is 2. The summed E-state index contributed by atoms with van der Waals surface area (Å²) in [6.45, 7) is 6.61. The Morgan fingerprint density at radius 3 is 2.69 bits per heavy atom. The molecule has 2 amide bonds. The first-order chi connectivity index (χ1) is 15.5. The molecule has 0 radical (unpaired) electrons. The van der Waals surface area contributed by atoms with Crippen molar-refractivity contribution < 1.29 is 14.3 Å². The van der Waals surface area contributed by atoms with Gasteiger partial charge in [-0.1, -0.05) is 18.7 Å². The standard InChI is InChI=1S/C22H22ClN5O3S/c1-2-18(29)25-15-5-3-14(4-6-15)7-8-24-21(30)17-13-16-19(32-17)20(27-22(23)26-16)28-9-11-31-12-10-28/h2-6,13H,1,7-12H2,(H,24,30)(H,25,29). The summed E-state index contributed by atoms with van der Waals surface area (Å²) in [7, 11) is 0. The van der Waals surface area contributed by atoms with Crippen LogP contribution >= 0.6 is 22.9 Å². The van der Waals surface area contributed by atoms with Gasteiger partial charge in [0.1, 0.15) is 0 Å². The molecule has 0 spiro atoms. The lowest BCUT2D eigenvalue weighted by Gasteiger charge is -2.28. The van der Waals surface area contributed by atoms with E-state index >= 15 is 0 Å². The lowest BCUT2D eigenvalue weighted by molar-refractivity contribution is -0.111. The van der Waals surface area contributed by atoms with E-state index in [4.69, 9.17) is 16.3 Å². The molecule has 1 aliphatic heterocycles. The van der Waals surface area contributed by atoms with Gasteiger partial charge in [-0.15, -0.1) is 11.3 Å². The molecular formula is C22H22ClN5O3S. The normalized spacial score (nSPS) is 13.7. The van der Waals surface area contributed by atoms with Crippen LogP contribution in [0.4, 0.5) is 11.5 Å². The number of hydrogen-bond acceptors (Lipinski definition) is 7. The molecule has 0 unspecified atom stereocenters. The third-order valence-corrected chi connectivity index (χ3v) is 6.25. The van der Waals surface area contributed by atoms with Gasteiger partial charge >= 0.3 is 0 Å². The average molecular weight is 472 g/mol. The van der Waals surface area contributed by atoms with Crippen LogP contribution < -0.4 is 15.5 Å². The second kappa shape index (κ2) is 10.1. The summed E-state index contributed by atoms with van der Waals surface area (Å²) in [6.07, 6.45) is 1.89. The maximum atomic E-state index is 12.7. The maximum absolute atomic E-state index is 12.7. The Bertz CT molecular complexity index is 1140. The summed E-state index contributed by atoms with van der Waals surface area (Å²) in [4.78, 5) is 35.4. The van der Waals surface area contributed by atoms with Gasteiger partial charge in [-0.25, -0.2) is 4.98 Å². The number of hydrogen-bond donors (Lipinski definition) is 2. The van der Waals surface area contributed by atoms with Gasteiger partial charge in [-0.05, 0) is 47.9 Å². The van der Waals surface area contributed by atoms with E-state index < -0.39 is 0 Å². The van der Waals surface area contributed by atoms with Crippen LogP contribution in [0, 0.1) is 0 Å². The van der Waals surface area contributed by atoms with Gasteiger partial charge < -0.3 is 20.3 Å². The van der Waals surface area contributed by atoms with Crippen molar-refractivity contribution in [3.8, 4) is 0 Å². The Morgan fingerprint density at radius 1 is 1.22 bits per heavy atom. The molecular weight excluding hydrogens is 450 g/mol. The molecule has 32 heavy (non-hydrogen) atoms. The predicted octanol–water partition coefficient (Wildman–Crippen LogP) is 3.28. The van der Waals surface area contributed by atoms with E-state index in [0.29, 0.717) is 42.3 Å². The number of ether oxygens (including phenoxy) is 1. The van der Waals surface area contributed by atoms with Crippen molar-refractivity contribution in [2.75, 3.05) is 43.1 Å². The molecule has 0 atom stereocenters. The first kappa shape index (κ1) is 22.2. The number of fused-ring (bicyclic) bond motifs is 1. The van der Waals surface area contributed by atoms with Crippen LogP contribution in [-0.4, -0.2) is 54.6 Å². The van der Waals surface area contributed by atoms with E-state index in [0.717, 1.165) is 29.2 Å². The summed E-state index contributed by atoms with van der Waals surface area (Å²) in [5, 5.41) is 5.82. The van der Waals surface area contributed by atoms with Gasteiger partial charge in [0.15, 0.2) is 5.82 Å². The fourth-order valence-corrected chi connectivity index (χ4v) is 4.55. The summed E-state index contributed by atoms with van der Waals surface area (Å²) >= 11 is 7.49. The number of anilines is 2. The number of carbonyl (C=O) groups excluding carboxylic acids is 2. The third-order valence-electron chi connectivity index (χ3n) is 4.97. The molecule has 4 rings (SSSR count). The summed E-state index contributed by atoms with van der Waals surface area (Å²) in [5.74, 6) is 0.332. The number of morpholine rings is 1. The number of amides is 2. The molecule has 0 bridgehead atoms. The molecule has 1 aliphatic rings. The van der Waals surface area contributed by atoms with Crippen molar-refractivity contribution >= 4 is 56.5 Å². The van der Waals surface area contributed by atoms with Crippen LogP contribution in [0.5, 0.6) is 0 Å². The molecule has 8 nitrogen and oxygen atoms in total. The number of carbonyl (C=O) groups is 2. The van der Waals surface area contributed by atoms with Crippen LogP contribution in [0.2, 0.25) is 5.28 Å². The second-order valence-corrected chi connectivity index (χ2v) is 8.53. The monoisotopic (exact) mass is 471 g/mol. The Labute approximate surface area is 194 Å². The maximum Gasteiger partial charge on any atom is 0.261 e. The quantitative estimate of drug-likeness (QED) is 0.405. The Morgan fingerprint density at radius 2 is 1.97 bits per heavy atom. The minimum absolute atomic E-state index is 0.160. The smallest absolute Gasteiger partial charge is 0.261 e. The van der Waals surface area contributed by atoms with E-state index in [2.05, 4.69) is 32.1 Å². The number of nitrogens with zero attached hydrogens (tertiary/aromatic N) is 3. The molecule has 166 valence electrons. The molecule has 1 fully saturated rings. The second-order valence-electron chi connectivity index (χ2n) is 7.14. The zero-order valence-corrected chi connectivity index (χ0v) is 18.8. The minimum atomic E-state index is -0.254. The van der Waals surface area contributed by atoms with Gasteiger partial charge in [0.05, 0.1) is 28.3 Å². The van der Waals surface area contributed by atoms with Crippen molar-refractivity contribution in [3.05, 3.63) is 58.7 Å². The van der Waals surface area contributed by atoms with Gasteiger partial charge in [0.2, 0.25) is 11.2 Å². The van der Waals surface area contributed by atoms with E-state index in [9.17, 15) is 9.59 Å². The number of rotatable bonds is 7. The van der Waals surface area contributed by atoms with Gasteiger partial charge in [-0.2, -0.15) is 4.98 Å². The van der Waals surface area contributed by atoms with Gasteiger partial charge in [-0.3, -0.25) is 9.59 Å². The van der Waals surface area contributed by atoms with Crippen LogP contribution in [0.15, 0.2) is 43.0 Å². The molecule has 0 saturated carbocycles. The number of halogens is 1. The molecule has 0 aliphatic carbocycles. The van der Waals surface area contributed by atoms with Crippen molar-refractivity contribution in [2.45, 2.75) is 6.42 Å². The lowest BCUT2D eigenvalue weighted by Crippen LogP contribution is -2.36. The molecule has 3 heterocycles. The highest BCUT2D eigenvalue weighted by atomic mass is 35.5. The van der Waals surface area contributed by atoms with E-state index in [1.807, 2.05) is 24.3 Å². The lowest BCUT2D eigenvalue weighted by atomic mass is 10.1. The molecule has 2 N–H and O–H groups in total. The Kier molecular flexibility index (Phi) is 6.99. The zero-order chi connectivity index (χ0) is 22.5. The molecule has 2 aromatic heterocycles. The SMILES string of the molecule is C=CC(=O)Nc1ccc(CCNC(=O)c2cc3nc(Cl)nc(N4CCOCC4)c3s2)cc1. The molecule has 1 saturated heterocycles.